The zero-order valence-corrected chi connectivity index (χ0v) is 22.6. The van der Waals surface area contributed by atoms with E-state index in [0.29, 0.717) is 18.0 Å². The number of hydrogen-bond acceptors (Lipinski definition) is 3. The minimum absolute atomic E-state index is 0.116. The number of amides is 2. The van der Waals surface area contributed by atoms with E-state index in [0.717, 1.165) is 44.1 Å². The zero-order valence-electron chi connectivity index (χ0n) is 18.7. The summed E-state index contributed by atoms with van der Waals surface area (Å²) in [5, 5.41) is 7.27. The van der Waals surface area contributed by atoms with E-state index < -0.39 is 0 Å². The lowest BCUT2D eigenvalue weighted by Crippen LogP contribution is -2.18. The van der Waals surface area contributed by atoms with Crippen LogP contribution in [0.2, 0.25) is 5.15 Å². The van der Waals surface area contributed by atoms with Gasteiger partial charge in [0, 0.05) is 38.5 Å². The molecule has 0 radical (unpaired) electrons. The van der Waals surface area contributed by atoms with E-state index in [4.69, 9.17) is 11.6 Å². The van der Waals surface area contributed by atoms with E-state index in [1.54, 1.807) is 6.07 Å². The molecule has 2 amide bonds. The van der Waals surface area contributed by atoms with Crippen molar-refractivity contribution in [2.24, 2.45) is 0 Å². The molecular weight excluding hydrogens is 594 g/mol. The van der Waals surface area contributed by atoms with Crippen molar-refractivity contribution in [3.05, 3.63) is 98.0 Å². The number of benzene rings is 3. The highest BCUT2D eigenvalue weighted by Crippen LogP contribution is 2.25. The van der Waals surface area contributed by atoms with Crippen LogP contribution in [0.25, 0.3) is 10.9 Å². The summed E-state index contributed by atoms with van der Waals surface area (Å²) in [5.41, 5.74) is 5.31. The van der Waals surface area contributed by atoms with Crippen molar-refractivity contribution in [2.45, 2.75) is 25.7 Å². The number of carbonyl (C=O) groups is 2. The predicted molar refractivity (Wildman–Crippen MR) is 149 cm³/mol. The highest BCUT2D eigenvalue weighted by Gasteiger charge is 2.14. The van der Waals surface area contributed by atoms with Crippen LogP contribution in [-0.4, -0.2) is 16.8 Å². The first kappa shape index (κ1) is 25.4. The van der Waals surface area contributed by atoms with E-state index >= 15 is 0 Å². The molecule has 178 valence electrons. The second-order valence-corrected chi connectivity index (χ2v) is 10.2. The summed E-state index contributed by atoms with van der Waals surface area (Å²) < 4.78 is 2.12. The number of aryl methyl sites for hydroxylation is 2. The monoisotopic (exact) mass is 613 g/mol. The van der Waals surface area contributed by atoms with Crippen LogP contribution < -0.4 is 10.6 Å². The smallest absolute Gasteiger partial charge is 0.224 e. The molecule has 0 atom stereocenters. The molecular formula is C27H22Br2ClN3O2. The minimum Gasteiger partial charge on any atom is -0.326 e. The summed E-state index contributed by atoms with van der Waals surface area (Å²) in [6.45, 7) is 0. The van der Waals surface area contributed by atoms with Gasteiger partial charge in [0.15, 0.2) is 0 Å². The van der Waals surface area contributed by atoms with Crippen molar-refractivity contribution in [1.82, 2.24) is 4.98 Å². The lowest BCUT2D eigenvalue weighted by atomic mass is 10.0. The quantitative estimate of drug-likeness (QED) is 0.201. The molecule has 0 unspecified atom stereocenters. The molecule has 3 heterocycles. The molecule has 0 fully saturated rings. The van der Waals surface area contributed by atoms with Crippen molar-refractivity contribution in [1.29, 1.82) is 0 Å². The van der Waals surface area contributed by atoms with Gasteiger partial charge in [-0.05, 0) is 78.6 Å². The molecule has 2 N–H and O–H groups in total. The molecule has 2 aliphatic heterocycles. The first-order valence-electron chi connectivity index (χ1n) is 11.1. The third-order valence-electron chi connectivity index (χ3n) is 5.49. The molecule has 6 rings (SSSR count). The number of carbonyl (C=O) groups excluding carboxylic acids is 2. The first-order chi connectivity index (χ1) is 16.9. The van der Waals surface area contributed by atoms with E-state index in [-0.39, 0.29) is 11.8 Å². The molecule has 3 aromatic carbocycles. The van der Waals surface area contributed by atoms with Crippen molar-refractivity contribution in [2.75, 3.05) is 10.6 Å². The Hall–Kier alpha value is -2.74. The van der Waals surface area contributed by atoms with Crippen molar-refractivity contribution >= 4 is 77.6 Å². The standard InChI is InChI=1S/C9H5BrClN.C9H8BrNO.C9H9NO/c10-7-2-3-8-6(5-7)1-4-9(11)12-8;10-7-2-3-8-6(5-7)1-4-9(12)11-8;11-9-6-5-7-3-1-2-4-8(7)10-9/h1-5H;2-3,5H,1,4H2,(H,11,12);1-4H,5-6H2,(H,10,11). The van der Waals surface area contributed by atoms with Gasteiger partial charge in [0.05, 0.1) is 5.52 Å². The van der Waals surface area contributed by atoms with E-state index in [1.807, 2.05) is 54.6 Å². The Morgan fingerprint density at radius 3 is 2.09 bits per heavy atom. The summed E-state index contributed by atoms with van der Waals surface area (Å²) in [7, 11) is 0. The number of hydrogen-bond donors (Lipinski definition) is 2. The largest absolute Gasteiger partial charge is 0.326 e. The van der Waals surface area contributed by atoms with Crippen LogP contribution in [0.3, 0.4) is 0 Å². The SMILES string of the molecule is Clc1ccc2cc(Br)ccc2n1.O=C1CCc2cc(Br)ccc2N1.O=C1CCc2ccccc2N1. The highest BCUT2D eigenvalue weighted by atomic mass is 79.9. The molecule has 35 heavy (non-hydrogen) atoms. The van der Waals surface area contributed by atoms with Crippen molar-refractivity contribution in [3.8, 4) is 0 Å². The van der Waals surface area contributed by atoms with Crippen LogP contribution in [0.1, 0.15) is 24.0 Å². The van der Waals surface area contributed by atoms with Crippen LogP contribution in [0.5, 0.6) is 0 Å². The van der Waals surface area contributed by atoms with Gasteiger partial charge in [0.2, 0.25) is 11.8 Å². The number of anilines is 2. The normalized spacial score (nSPS) is 13.7. The summed E-state index contributed by atoms with van der Waals surface area (Å²) in [6.07, 6.45) is 2.95. The van der Waals surface area contributed by atoms with Crippen LogP contribution in [-0.2, 0) is 22.4 Å². The number of halogens is 3. The number of fused-ring (bicyclic) bond motifs is 3. The molecule has 0 saturated carbocycles. The predicted octanol–water partition coefficient (Wildman–Crippen LogP) is 7.56. The van der Waals surface area contributed by atoms with Crippen LogP contribution in [0.15, 0.2) is 81.7 Å². The molecule has 0 bridgehead atoms. The Labute approximate surface area is 225 Å². The fourth-order valence-corrected chi connectivity index (χ4v) is 4.69. The number of nitrogens with zero attached hydrogens (tertiary/aromatic N) is 1. The lowest BCUT2D eigenvalue weighted by Gasteiger charge is -2.16. The van der Waals surface area contributed by atoms with Gasteiger partial charge in [0.25, 0.3) is 0 Å². The fraction of sp³-hybridized carbons (Fsp3) is 0.148. The Morgan fingerprint density at radius 2 is 1.31 bits per heavy atom. The van der Waals surface area contributed by atoms with Gasteiger partial charge < -0.3 is 10.6 Å². The summed E-state index contributed by atoms with van der Waals surface area (Å²) in [4.78, 5) is 26.1. The third-order valence-corrected chi connectivity index (χ3v) is 6.69. The minimum atomic E-state index is 0.116. The first-order valence-corrected chi connectivity index (χ1v) is 13.0. The van der Waals surface area contributed by atoms with Gasteiger partial charge in [-0.1, -0.05) is 61.7 Å². The molecule has 0 aliphatic carbocycles. The Bertz CT molecular complexity index is 1350. The van der Waals surface area contributed by atoms with Crippen molar-refractivity contribution < 1.29 is 9.59 Å². The average Bonchev–Trinajstić information content (AvgIpc) is 2.85. The molecule has 2 aliphatic rings. The molecule has 0 spiro atoms. The number of nitrogens with one attached hydrogen (secondary N) is 2. The molecule has 1 aromatic heterocycles. The van der Waals surface area contributed by atoms with E-state index in [2.05, 4.69) is 59.6 Å². The highest BCUT2D eigenvalue weighted by molar-refractivity contribution is 9.10. The molecule has 0 saturated heterocycles. The molecule has 4 aromatic rings. The van der Waals surface area contributed by atoms with Gasteiger partial charge in [-0.25, -0.2) is 4.98 Å². The Balaban J connectivity index is 0.000000124. The van der Waals surface area contributed by atoms with Gasteiger partial charge in [-0.2, -0.15) is 0 Å². The van der Waals surface area contributed by atoms with Gasteiger partial charge in [-0.15, -0.1) is 0 Å². The number of para-hydroxylation sites is 1. The molecule has 5 nitrogen and oxygen atoms in total. The maximum Gasteiger partial charge on any atom is 0.224 e. The maximum atomic E-state index is 11.0. The van der Waals surface area contributed by atoms with Crippen LogP contribution in [0, 0.1) is 0 Å². The maximum absolute atomic E-state index is 11.0. The topological polar surface area (TPSA) is 71.1 Å². The van der Waals surface area contributed by atoms with Crippen LogP contribution >= 0.6 is 43.5 Å². The number of pyridine rings is 1. The van der Waals surface area contributed by atoms with E-state index in [1.165, 1.54) is 11.1 Å². The van der Waals surface area contributed by atoms with Gasteiger partial charge in [-0.3, -0.25) is 9.59 Å². The second-order valence-electron chi connectivity index (χ2n) is 8.03. The van der Waals surface area contributed by atoms with Gasteiger partial charge >= 0.3 is 0 Å². The number of aromatic nitrogens is 1. The molecule has 8 heteroatoms. The van der Waals surface area contributed by atoms with Gasteiger partial charge in [0.1, 0.15) is 5.15 Å². The summed E-state index contributed by atoms with van der Waals surface area (Å²) in [6, 6.07) is 23.5. The van der Waals surface area contributed by atoms with E-state index in [9.17, 15) is 9.59 Å². The number of rotatable bonds is 0. The lowest BCUT2D eigenvalue weighted by molar-refractivity contribution is -0.117. The fourth-order valence-electron chi connectivity index (χ4n) is 3.74. The average molecular weight is 616 g/mol. The Morgan fingerprint density at radius 1 is 0.686 bits per heavy atom. The summed E-state index contributed by atoms with van der Waals surface area (Å²) >= 11 is 12.5. The zero-order chi connectivity index (χ0) is 24.8. The second kappa shape index (κ2) is 11.8. The summed E-state index contributed by atoms with van der Waals surface area (Å²) in [5.74, 6) is 0.244. The third kappa shape index (κ3) is 7.13. The van der Waals surface area contributed by atoms with Crippen LogP contribution in [0.4, 0.5) is 11.4 Å². The Kier molecular flexibility index (Phi) is 8.55. The van der Waals surface area contributed by atoms with Crippen molar-refractivity contribution in [3.63, 3.8) is 0 Å².